The number of carbonyl (C=O) groups excluding carboxylic acids is 2. The average molecular weight is 482 g/mol. The molecule has 9 nitrogen and oxygen atoms in total. The summed E-state index contributed by atoms with van der Waals surface area (Å²) in [4.78, 5) is 25.0. The van der Waals surface area contributed by atoms with Crippen LogP contribution in [0.5, 0.6) is 11.5 Å². The molecule has 0 aliphatic heterocycles. The maximum atomic E-state index is 12.5. The lowest BCUT2D eigenvalue weighted by Crippen LogP contribution is -2.18. The van der Waals surface area contributed by atoms with Crippen LogP contribution in [0.15, 0.2) is 66.3 Å². The van der Waals surface area contributed by atoms with E-state index < -0.39 is 0 Å². The third kappa shape index (κ3) is 6.85. The van der Waals surface area contributed by atoms with E-state index in [2.05, 4.69) is 27.4 Å². The van der Waals surface area contributed by atoms with Crippen LogP contribution in [0.4, 0.5) is 11.4 Å². The molecule has 0 unspecified atom stereocenters. The molecule has 0 saturated heterocycles. The van der Waals surface area contributed by atoms with Gasteiger partial charge in [-0.05, 0) is 43.3 Å². The number of nitrogens with one attached hydrogen (secondary N) is 2. The Hall–Kier alpha value is -3.79. The molecule has 3 rings (SSSR count). The second kappa shape index (κ2) is 12.4. The molecule has 0 saturated carbocycles. The lowest BCUT2D eigenvalue weighted by atomic mass is 10.3. The number of para-hydroxylation sites is 2. The molecule has 2 aromatic carbocycles. The molecule has 1 heterocycles. The molecule has 178 valence electrons. The first-order chi connectivity index (χ1) is 16.5. The summed E-state index contributed by atoms with van der Waals surface area (Å²) in [6, 6.07) is 14.3. The lowest BCUT2D eigenvalue weighted by molar-refractivity contribution is -0.116. The molecular formula is C24H27N5O4S. The van der Waals surface area contributed by atoms with Crippen molar-refractivity contribution in [2.24, 2.45) is 0 Å². The van der Waals surface area contributed by atoms with Crippen molar-refractivity contribution in [3.63, 3.8) is 0 Å². The van der Waals surface area contributed by atoms with Crippen LogP contribution >= 0.6 is 11.8 Å². The van der Waals surface area contributed by atoms with Gasteiger partial charge in [0.2, 0.25) is 11.8 Å². The van der Waals surface area contributed by atoms with Gasteiger partial charge in [-0.2, -0.15) is 0 Å². The molecule has 1 aromatic heterocycles. The van der Waals surface area contributed by atoms with E-state index >= 15 is 0 Å². The monoisotopic (exact) mass is 481 g/mol. The predicted octanol–water partition coefficient (Wildman–Crippen LogP) is 3.78. The first-order valence-corrected chi connectivity index (χ1v) is 11.6. The number of carbonyl (C=O) groups is 2. The summed E-state index contributed by atoms with van der Waals surface area (Å²) in [5, 5.41) is 14.5. The van der Waals surface area contributed by atoms with Gasteiger partial charge < -0.3 is 24.7 Å². The van der Waals surface area contributed by atoms with E-state index in [0.717, 1.165) is 0 Å². The Bertz CT molecular complexity index is 1130. The third-order valence-corrected chi connectivity index (χ3v) is 5.56. The molecule has 0 bridgehead atoms. The zero-order valence-corrected chi connectivity index (χ0v) is 19.9. The predicted molar refractivity (Wildman–Crippen MR) is 133 cm³/mol. The molecule has 2 amide bonds. The maximum Gasteiger partial charge on any atom is 0.234 e. The molecule has 10 heteroatoms. The minimum atomic E-state index is -0.232. The second-order valence-corrected chi connectivity index (χ2v) is 7.96. The van der Waals surface area contributed by atoms with Crippen LogP contribution in [0.25, 0.3) is 0 Å². The van der Waals surface area contributed by atoms with E-state index in [1.165, 1.54) is 11.8 Å². The van der Waals surface area contributed by atoms with Crippen molar-refractivity contribution in [3.8, 4) is 11.5 Å². The summed E-state index contributed by atoms with van der Waals surface area (Å²) in [7, 11) is 1.58. The van der Waals surface area contributed by atoms with Gasteiger partial charge in [-0.25, -0.2) is 0 Å². The van der Waals surface area contributed by atoms with Crippen molar-refractivity contribution in [3.05, 3.63) is 67.0 Å². The summed E-state index contributed by atoms with van der Waals surface area (Å²) in [6.45, 7) is 6.57. The van der Waals surface area contributed by atoms with E-state index in [4.69, 9.17) is 9.47 Å². The number of hydrogen-bond donors (Lipinski definition) is 2. The van der Waals surface area contributed by atoms with E-state index in [0.29, 0.717) is 47.0 Å². The summed E-state index contributed by atoms with van der Waals surface area (Å²) in [6.07, 6.45) is 1.72. The van der Waals surface area contributed by atoms with Crippen LogP contribution in [0.1, 0.15) is 12.7 Å². The largest absolute Gasteiger partial charge is 0.497 e. The molecule has 34 heavy (non-hydrogen) atoms. The molecular weight excluding hydrogens is 454 g/mol. The van der Waals surface area contributed by atoms with Crippen LogP contribution in [-0.4, -0.2) is 46.0 Å². The van der Waals surface area contributed by atoms with Crippen molar-refractivity contribution in [2.75, 3.05) is 30.1 Å². The first kappa shape index (κ1) is 24.8. The van der Waals surface area contributed by atoms with Gasteiger partial charge in [-0.15, -0.1) is 16.8 Å². The highest BCUT2D eigenvalue weighted by atomic mass is 32.2. The van der Waals surface area contributed by atoms with Crippen LogP contribution in [0.3, 0.4) is 0 Å². The average Bonchev–Trinajstić information content (AvgIpc) is 3.21. The molecule has 2 N–H and O–H groups in total. The van der Waals surface area contributed by atoms with Gasteiger partial charge in [0.15, 0.2) is 5.16 Å². The molecule has 0 atom stereocenters. The first-order valence-electron chi connectivity index (χ1n) is 10.6. The fourth-order valence-electron chi connectivity index (χ4n) is 3.06. The van der Waals surface area contributed by atoms with Crippen molar-refractivity contribution in [1.82, 2.24) is 14.8 Å². The van der Waals surface area contributed by atoms with Crippen molar-refractivity contribution in [2.45, 2.75) is 25.0 Å². The number of hydrogen-bond acceptors (Lipinski definition) is 7. The lowest BCUT2D eigenvalue weighted by Gasteiger charge is -2.11. The number of thioether (sulfide) groups is 1. The number of nitrogens with zero attached hydrogens (tertiary/aromatic N) is 3. The van der Waals surface area contributed by atoms with Gasteiger partial charge >= 0.3 is 0 Å². The number of ether oxygens (including phenoxy) is 2. The molecule has 0 radical (unpaired) electrons. The molecule has 3 aromatic rings. The topological polar surface area (TPSA) is 107 Å². The highest BCUT2D eigenvalue weighted by Gasteiger charge is 2.17. The smallest absolute Gasteiger partial charge is 0.234 e. The Morgan fingerprint density at radius 3 is 2.56 bits per heavy atom. The van der Waals surface area contributed by atoms with E-state index in [1.807, 2.05) is 19.1 Å². The van der Waals surface area contributed by atoms with Gasteiger partial charge in [0, 0.05) is 12.2 Å². The second-order valence-electron chi connectivity index (χ2n) is 7.02. The van der Waals surface area contributed by atoms with Gasteiger partial charge in [-0.1, -0.05) is 30.0 Å². The minimum Gasteiger partial charge on any atom is -0.497 e. The number of aromatic nitrogens is 3. The van der Waals surface area contributed by atoms with Gasteiger partial charge in [0.25, 0.3) is 0 Å². The summed E-state index contributed by atoms with van der Waals surface area (Å²) in [5.74, 6) is 1.48. The van der Waals surface area contributed by atoms with Crippen LogP contribution in [0.2, 0.25) is 0 Å². The van der Waals surface area contributed by atoms with Crippen molar-refractivity contribution in [1.29, 1.82) is 0 Å². The van der Waals surface area contributed by atoms with Gasteiger partial charge in [0.05, 0.1) is 31.6 Å². The number of allylic oxidation sites excluding steroid dienone is 1. The quantitative estimate of drug-likeness (QED) is 0.299. The van der Waals surface area contributed by atoms with Gasteiger partial charge in [-0.3, -0.25) is 9.59 Å². The van der Waals surface area contributed by atoms with E-state index in [-0.39, 0.29) is 24.0 Å². The Morgan fingerprint density at radius 2 is 1.85 bits per heavy atom. The van der Waals surface area contributed by atoms with Crippen molar-refractivity contribution < 1.29 is 19.1 Å². The number of rotatable bonds is 12. The number of benzene rings is 2. The van der Waals surface area contributed by atoms with E-state index in [9.17, 15) is 9.59 Å². The maximum absolute atomic E-state index is 12.5. The molecule has 0 fully saturated rings. The third-order valence-electron chi connectivity index (χ3n) is 4.59. The number of anilines is 2. The fraction of sp³-hybridized carbons (Fsp3) is 0.250. The Kier molecular flexibility index (Phi) is 9.10. The zero-order valence-electron chi connectivity index (χ0n) is 19.1. The number of methoxy groups -OCH3 is 1. The van der Waals surface area contributed by atoms with Crippen molar-refractivity contribution >= 4 is 35.0 Å². The minimum absolute atomic E-state index is 0.0291. The standard InChI is InChI=1S/C24H27N5O4S/c1-4-14-29-21(15-22(30)25-17-10-12-18(32-3)13-11-17)27-28-24(29)34-16-23(31)26-19-8-6-7-9-20(19)33-5-2/h4,6-13H,1,5,14-16H2,2-3H3,(H,25,30)(H,26,31). The fourth-order valence-corrected chi connectivity index (χ4v) is 3.83. The normalized spacial score (nSPS) is 10.4. The molecule has 0 spiro atoms. The summed E-state index contributed by atoms with van der Waals surface area (Å²) >= 11 is 1.23. The Morgan fingerprint density at radius 1 is 1.09 bits per heavy atom. The Balaban J connectivity index is 1.61. The summed E-state index contributed by atoms with van der Waals surface area (Å²) < 4.78 is 12.4. The van der Waals surface area contributed by atoms with Crippen LogP contribution in [-0.2, 0) is 22.6 Å². The van der Waals surface area contributed by atoms with Gasteiger partial charge in [0.1, 0.15) is 17.3 Å². The summed E-state index contributed by atoms with van der Waals surface area (Å²) in [5.41, 5.74) is 1.26. The zero-order chi connectivity index (χ0) is 24.3. The Labute approximate surface area is 202 Å². The highest BCUT2D eigenvalue weighted by Crippen LogP contribution is 2.25. The van der Waals surface area contributed by atoms with Crippen LogP contribution in [0, 0.1) is 0 Å². The van der Waals surface area contributed by atoms with E-state index in [1.54, 1.807) is 54.2 Å². The van der Waals surface area contributed by atoms with Crippen LogP contribution < -0.4 is 20.1 Å². The SMILES string of the molecule is C=CCn1c(CC(=O)Nc2ccc(OC)cc2)nnc1SCC(=O)Nc1ccccc1OCC. The number of amides is 2. The molecule has 0 aliphatic carbocycles. The molecule has 0 aliphatic rings. The highest BCUT2D eigenvalue weighted by molar-refractivity contribution is 7.99.